The molecule has 1 aromatic rings. The van der Waals surface area contributed by atoms with Gasteiger partial charge in [0.15, 0.2) is 13.5 Å². The molecule has 1 N–H and O–H groups in total. The van der Waals surface area contributed by atoms with Gasteiger partial charge >= 0.3 is 0 Å². The zero-order valence-corrected chi connectivity index (χ0v) is 11.2. The summed E-state index contributed by atoms with van der Waals surface area (Å²) in [4.78, 5) is 0. The first kappa shape index (κ1) is 13.6. The fraction of sp³-hybridized carbons (Fsp3) is 0.400. The van der Waals surface area contributed by atoms with E-state index in [1.165, 1.54) is 31.2 Å². The third kappa shape index (κ3) is 2.61. The minimum absolute atomic E-state index is 0.339. The molecule has 0 amide bonds. The monoisotopic (exact) mass is 310 g/mol. The topological polar surface area (TPSA) is 54.4 Å². The smallest absolute Gasteiger partial charge is 0.165 e. The summed E-state index contributed by atoms with van der Waals surface area (Å²) in [5, 5.41) is 9.93. The van der Waals surface area contributed by atoms with Crippen molar-refractivity contribution in [3.8, 4) is 0 Å². The van der Waals surface area contributed by atoms with Gasteiger partial charge in [0.1, 0.15) is 11.9 Å². The van der Waals surface area contributed by atoms with Gasteiger partial charge in [0.2, 0.25) is 0 Å². The fourth-order valence-electron chi connectivity index (χ4n) is 1.15. The highest BCUT2D eigenvalue weighted by molar-refractivity contribution is 9.11. The molecule has 2 atom stereocenters. The van der Waals surface area contributed by atoms with Crippen LogP contribution in [0.2, 0.25) is 0 Å². The molecule has 90 valence electrons. The third-order valence-corrected chi connectivity index (χ3v) is 6.27. The van der Waals surface area contributed by atoms with E-state index in [1.54, 1.807) is 0 Å². The molecule has 0 aliphatic carbocycles. The summed E-state index contributed by atoms with van der Waals surface area (Å²) in [6, 6.07) is 5.04. The van der Waals surface area contributed by atoms with E-state index >= 15 is 0 Å². The van der Waals surface area contributed by atoms with Gasteiger partial charge in [-0.05, 0) is 24.6 Å². The van der Waals surface area contributed by atoms with Crippen LogP contribution in [0, 0.1) is 5.82 Å². The van der Waals surface area contributed by atoms with E-state index in [-0.39, 0.29) is 0 Å². The Balaban J connectivity index is 3.12. The van der Waals surface area contributed by atoms with E-state index < -0.39 is 25.4 Å². The lowest BCUT2D eigenvalue weighted by atomic mass is 10.1. The lowest BCUT2D eigenvalue weighted by Crippen LogP contribution is -2.34. The first-order chi connectivity index (χ1) is 7.16. The van der Waals surface area contributed by atoms with E-state index in [0.717, 1.165) is 6.26 Å². The number of benzene rings is 1. The van der Waals surface area contributed by atoms with Crippen molar-refractivity contribution < 1.29 is 17.9 Å². The van der Waals surface area contributed by atoms with Crippen molar-refractivity contribution in [2.45, 2.75) is 16.7 Å². The Kier molecular flexibility index (Phi) is 3.76. The number of alkyl halides is 1. The van der Waals surface area contributed by atoms with Gasteiger partial charge in [0.25, 0.3) is 0 Å². The van der Waals surface area contributed by atoms with Crippen LogP contribution >= 0.6 is 15.9 Å². The lowest BCUT2D eigenvalue weighted by molar-refractivity contribution is 0.168. The molecular formula is C10H12BrFO3S. The summed E-state index contributed by atoms with van der Waals surface area (Å²) in [6.07, 6.45) is -0.239. The van der Waals surface area contributed by atoms with Crippen LogP contribution in [-0.2, 0) is 9.84 Å². The molecule has 3 nitrogen and oxygen atoms in total. The maximum Gasteiger partial charge on any atom is 0.165 e. The van der Waals surface area contributed by atoms with E-state index in [9.17, 15) is 17.9 Å². The molecule has 1 rings (SSSR count). The minimum Gasteiger partial charge on any atom is -0.386 e. The third-order valence-electron chi connectivity index (χ3n) is 2.40. The normalized spacial score (nSPS) is 17.8. The van der Waals surface area contributed by atoms with E-state index in [4.69, 9.17) is 0 Å². The van der Waals surface area contributed by atoms with Crippen molar-refractivity contribution in [3.05, 3.63) is 35.6 Å². The first-order valence-electron chi connectivity index (χ1n) is 4.48. The zero-order valence-electron chi connectivity index (χ0n) is 8.81. The Morgan fingerprint density at radius 1 is 1.38 bits per heavy atom. The van der Waals surface area contributed by atoms with Crippen LogP contribution in [0.1, 0.15) is 18.6 Å². The van der Waals surface area contributed by atoms with E-state index in [1.807, 2.05) is 0 Å². The van der Waals surface area contributed by atoms with Crippen LogP contribution in [0.25, 0.3) is 0 Å². The van der Waals surface area contributed by atoms with Crippen LogP contribution in [0.15, 0.2) is 24.3 Å². The summed E-state index contributed by atoms with van der Waals surface area (Å²) in [7, 11) is -3.49. The predicted molar refractivity (Wildman–Crippen MR) is 63.5 cm³/mol. The van der Waals surface area contributed by atoms with Gasteiger partial charge < -0.3 is 5.11 Å². The molecule has 1 aromatic carbocycles. The summed E-state index contributed by atoms with van der Waals surface area (Å²) in [5.74, 6) is -0.438. The molecule has 0 aliphatic rings. The van der Waals surface area contributed by atoms with Crippen LogP contribution in [0.5, 0.6) is 0 Å². The molecule has 0 unspecified atom stereocenters. The Hall–Kier alpha value is -0.460. The molecule has 0 saturated carbocycles. The minimum atomic E-state index is -3.49. The zero-order chi connectivity index (χ0) is 12.6. The Morgan fingerprint density at radius 3 is 2.19 bits per heavy atom. The van der Waals surface area contributed by atoms with Crippen molar-refractivity contribution in [1.29, 1.82) is 0 Å². The van der Waals surface area contributed by atoms with Crippen molar-refractivity contribution in [2.24, 2.45) is 0 Å². The van der Waals surface area contributed by atoms with E-state index in [2.05, 4.69) is 15.9 Å². The maximum atomic E-state index is 12.7. The molecule has 0 spiro atoms. The molecule has 0 heterocycles. The van der Waals surface area contributed by atoms with Gasteiger partial charge in [-0.15, -0.1) is 0 Å². The predicted octanol–water partition coefficient (Wildman–Crippen LogP) is 2.01. The van der Waals surface area contributed by atoms with Crippen LogP contribution in [0.4, 0.5) is 4.39 Å². The summed E-state index contributed by atoms with van der Waals surface area (Å²) >= 11 is 2.99. The highest BCUT2D eigenvalue weighted by atomic mass is 79.9. The highest BCUT2D eigenvalue weighted by Gasteiger charge is 2.41. The molecule has 0 aromatic heterocycles. The first-order valence-corrected chi connectivity index (χ1v) is 7.16. The Morgan fingerprint density at radius 2 is 1.81 bits per heavy atom. The SMILES string of the molecule is C[C@@](Br)([C@@H](O)c1ccc(F)cc1)S(C)(=O)=O. The summed E-state index contributed by atoms with van der Waals surface area (Å²) in [5.41, 5.74) is 0.339. The number of aliphatic hydroxyl groups excluding tert-OH is 1. The molecule has 16 heavy (non-hydrogen) atoms. The molecular weight excluding hydrogens is 299 g/mol. The van der Waals surface area contributed by atoms with Crippen LogP contribution in [0.3, 0.4) is 0 Å². The second-order valence-corrected chi connectivity index (χ2v) is 8.28. The van der Waals surface area contributed by atoms with Crippen molar-refractivity contribution in [2.75, 3.05) is 6.26 Å². The second kappa shape index (κ2) is 4.43. The number of halogens is 2. The maximum absolute atomic E-state index is 12.7. The average molecular weight is 311 g/mol. The van der Waals surface area contributed by atoms with Crippen LogP contribution < -0.4 is 0 Å². The summed E-state index contributed by atoms with van der Waals surface area (Å²) in [6.45, 7) is 1.36. The average Bonchev–Trinajstić information content (AvgIpc) is 2.16. The van der Waals surface area contributed by atoms with Gasteiger partial charge in [-0.25, -0.2) is 12.8 Å². The van der Waals surface area contributed by atoms with Crippen molar-refractivity contribution in [3.63, 3.8) is 0 Å². The Bertz CT molecular complexity index is 467. The fourth-order valence-corrected chi connectivity index (χ4v) is 1.95. The second-order valence-electron chi connectivity index (χ2n) is 3.71. The molecule has 0 fully saturated rings. The van der Waals surface area contributed by atoms with Gasteiger partial charge in [-0.2, -0.15) is 0 Å². The molecule has 0 aliphatic heterocycles. The largest absolute Gasteiger partial charge is 0.386 e. The number of sulfone groups is 1. The number of aliphatic hydroxyl groups is 1. The summed E-state index contributed by atoms with van der Waals surface area (Å²) < 4.78 is 34.1. The van der Waals surface area contributed by atoms with Gasteiger partial charge in [0.05, 0.1) is 0 Å². The van der Waals surface area contributed by atoms with Gasteiger partial charge in [0, 0.05) is 6.26 Å². The standard InChI is InChI=1S/C10H12BrFO3S/c1-10(11,16(2,14)15)9(13)7-3-5-8(12)6-4-7/h3-6,9,13H,1-2H3/t9-,10-/m0/s1. The highest BCUT2D eigenvalue weighted by Crippen LogP contribution is 2.37. The van der Waals surface area contributed by atoms with Gasteiger partial charge in [-0.1, -0.05) is 28.1 Å². The molecule has 0 radical (unpaired) electrons. The number of hydrogen-bond donors (Lipinski definition) is 1. The number of hydrogen-bond acceptors (Lipinski definition) is 3. The van der Waals surface area contributed by atoms with E-state index in [0.29, 0.717) is 5.56 Å². The Labute approximate surface area is 102 Å². The van der Waals surface area contributed by atoms with Crippen molar-refractivity contribution in [1.82, 2.24) is 0 Å². The van der Waals surface area contributed by atoms with Crippen molar-refractivity contribution >= 4 is 25.8 Å². The number of rotatable bonds is 3. The van der Waals surface area contributed by atoms with Crippen LogP contribution in [-0.4, -0.2) is 23.4 Å². The molecule has 6 heteroatoms. The quantitative estimate of drug-likeness (QED) is 0.869. The molecule has 0 saturated heterocycles. The van der Waals surface area contributed by atoms with Gasteiger partial charge in [-0.3, -0.25) is 0 Å². The molecule has 0 bridgehead atoms. The lowest BCUT2D eigenvalue weighted by Gasteiger charge is -2.26.